The minimum atomic E-state index is 0.156. The van der Waals surface area contributed by atoms with Crippen molar-refractivity contribution in [2.24, 2.45) is 0 Å². The highest BCUT2D eigenvalue weighted by Gasteiger charge is 2.25. The molecule has 2 aliphatic heterocycles. The van der Waals surface area contributed by atoms with E-state index in [1.54, 1.807) is 0 Å². The maximum Gasteiger partial charge on any atom is 0.254 e. The van der Waals surface area contributed by atoms with Crippen LogP contribution in [0.2, 0.25) is 0 Å². The van der Waals surface area contributed by atoms with E-state index in [2.05, 4.69) is 83.5 Å². The van der Waals surface area contributed by atoms with Crippen molar-refractivity contribution in [2.75, 3.05) is 43.4 Å². The molecular weight excluding hydrogens is 426 g/mol. The smallest absolute Gasteiger partial charge is 0.254 e. The Morgan fingerprint density at radius 3 is 2.30 bits per heavy atom. The first-order valence-corrected chi connectivity index (χ1v) is 12.8. The predicted molar refractivity (Wildman–Crippen MR) is 137 cm³/mol. The zero-order chi connectivity index (χ0) is 22.6. The molecule has 170 valence electrons. The van der Waals surface area contributed by atoms with Crippen molar-refractivity contribution in [3.05, 3.63) is 95.1 Å². The number of hydrogen-bond donors (Lipinski definition) is 0. The molecule has 3 aromatic carbocycles. The van der Waals surface area contributed by atoms with Crippen LogP contribution in [0.5, 0.6) is 0 Å². The molecule has 1 saturated heterocycles. The third-order valence-corrected chi connectivity index (χ3v) is 7.61. The molecule has 0 unspecified atom stereocenters. The Morgan fingerprint density at radius 2 is 1.55 bits per heavy atom. The number of anilines is 1. The summed E-state index contributed by atoms with van der Waals surface area (Å²) in [4.78, 5) is 21.5. The normalized spacial score (nSPS) is 16.5. The van der Waals surface area contributed by atoms with E-state index in [0.717, 1.165) is 57.1 Å². The van der Waals surface area contributed by atoms with Crippen LogP contribution in [0.25, 0.3) is 0 Å². The number of piperazine rings is 1. The van der Waals surface area contributed by atoms with Crippen LogP contribution in [0.15, 0.2) is 77.7 Å². The van der Waals surface area contributed by atoms with Crippen molar-refractivity contribution in [1.29, 1.82) is 0 Å². The van der Waals surface area contributed by atoms with Crippen LogP contribution in [0, 0.1) is 6.92 Å². The number of aryl methyl sites for hydroxylation is 1. The third kappa shape index (κ3) is 5.26. The highest BCUT2D eigenvalue weighted by molar-refractivity contribution is 7.99. The quantitative estimate of drug-likeness (QED) is 0.535. The van der Waals surface area contributed by atoms with E-state index in [-0.39, 0.29) is 5.91 Å². The fraction of sp³-hybridized carbons (Fsp3) is 0.321. The van der Waals surface area contributed by atoms with Crippen molar-refractivity contribution in [1.82, 2.24) is 9.80 Å². The Labute approximate surface area is 201 Å². The molecule has 33 heavy (non-hydrogen) atoms. The molecule has 0 saturated carbocycles. The molecule has 0 atom stereocenters. The van der Waals surface area contributed by atoms with Gasteiger partial charge in [-0.05, 0) is 36.2 Å². The lowest BCUT2D eigenvalue weighted by Crippen LogP contribution is -2.48. The topological polar surface area (TPSA) is 26.8 Å². The van der Waals surface area contributed by atoms with Crippen LogP contribution >= 0.6 is 11.8 Å². The van der Waals surface area contributed by atoms with Gasteiger partial charge < -0.3 is 9.80 Å². The Kier molecular flexibility index (Phi) is 6.70. The van der Waals surface area contributed by atoms with Gasteiger partial charge in [-0.2, -0.15) is 0 Å². The second-order valence-corrected chi connectivity index (χ2v) is 10.1. The van der Waals surface area contributed by atoms with Gasteiger partial charge in [-0.1, -0.05) is 60.2 Å². The molecule has 2 aliphatic rings. The van der Waals surface area contributed by atoms with E-state index in [1.165, 1.54) is 27.3 Å². The highest BCUT2D eigenvalue weighted by Crippen LogP contribution is 2.36. The van der Waals surface area contributed by atoms with E-state index in [4.69, 9.17) is 0 Å². The lowest BCUT2D eigenvalue weighted by atomic mass is 10.1. The summed E-state index contributed by atoms with van der Waals surface area (Å²) in [5.74, 6) is 1.23. The van der Waals surface area contributed by atoms with Gasteiger partial charge in [-0.15, -0.1) is 11.8 Å². The average Bonchev–Trinajstić information content (AvgIpc) is 2.86. The minimum absolute atomic E-state index is 0.156. The number of carbonyl (C=O) groups excluding carboxylic acids is 1. The van der Waals surface area contributed by atoms with Crippen LogP contribution in [-0.2, 0) is 13.1 Å². The van der Waals surface area contributed by atoms with E-state index < -0.39 is 0 Å². The Balaban J connectivity index is 1.25. The standard InChI is InChI=1S/C28H31N3OS/c1-22-7-9-24(10-8-22)21-31-17-18-33-27-12-11-25(19-26(27)31)28(32)30-15-13-29(14-16-30)20-23-5-3-2-4-6-23/h2-12,19H,13-18,20-21H2,1H3. The number of benzene rings is 3. The lowest BCUT2D eigenvalue weighted by Gasteiger charge is -2.35. The van der Waals surface area contributed by atoms with Crippen LogP contribution in [-0.4, -0.2) is 54.2 Å². The number of nitrogens with zero attached hydrogens (tertiary/aromatic N) is 3. The molecule has 0 bridgehead atoms. The fourth-order valence-corrected chi connectivity index (χ4v) is 5.65. The van der Waals surface area contributed by atoms with Gasteiger partial charge in [-0.3, -0.25) is 9.69 Å². The zero-order valence-electron chi connectivity index (χ0n) is 19.2. The van der Waals surface area contributed by atoms with Crippen LogP contribution < -0.4 is 4.90 Å². The number of hydrogen-bond acceptors (Lipinski definition) is 4. The van der Waals surface area contributed by atoms with Crippen molar-refractivity contribution in [3.63, 3.8) is 0 Å². The molecule has 0 spiro atoms. The summed E-state index contributed by atoms with van der Waals surface area (Å²) in [5.41, 5.74) is 5.93. The Hall–Kier alpha value is -2.76. The molecule has 5 heteroatoms. The average molecular weight is 458 g/mol. The van der Waals surface area contributed by atoms with Gasteiger partial charge in [0.2, 0.25) is 0 Å². The summed E-state index contributed by atoms with van der Waals surface area (Å²) < 4.78 is 0. The number of amides is 1. The zero-order valence-corrected chi connectivity index (χ0v) is 20.1. The molecule has 4 nitrogen and oxygen atoms in total. The van der Waals surface area contributed by atoms with Gasteiger partial charge in [0, 0.05) is 62.0 Å². The van der Waals surface area contributed by atoms with Crippen LogP contribution in [0.3, 0.4) is 0 Å². The van der Waals surface area contributed by atoms with Crippen molar-refractivity contribution < 1.29 is 4.79 Å². The summed E-state index contributed by atoms with van der Waals surface area (Å²) in [6, 6.07) is 25.6. The molecular formula is C28H31N3OS. The van der Waals surface area contributed by atoms with Gasteiger partial charge in [0.25, 0.3) is 5.91 Å². The van der Waals surface area contributed by atoms with Crippen molar-refractivity contribution in [2.45, 2.75) is 24.9 Å². The maximum absolute atomic E-state index is 13.3. The van der Waals surface area contributed by atoms with E-state index in [9.17, 15) is 4.79 Å². The summed E-state index contributed by atoms with van der Waals surface area (Å²) in [5, 5.41) is 0. The van der Waals surface area contributed by atoms with E-state index >= 15 is 0 Å². The molecule has 0 N–H and O–H groups in total. The molecule has 1 amide bonds. The Bertz CT molecular complexity index is 1090. The number of rotatable bonds is 5. The lowest BCUT2D eigenvalue weighted by molar-refractivity contribution is 0.0628. The SMILES string of the molecule is Cc1ccc(CN2CCSc3ccc(C(=O)N4CCN(Cc5ccccc5)CC4)cc32)cc1. The molecule has 3 aromatic rings. The van der Waals surface area contributed by atoms with Gasteiger partial charge in [0.1, 0.15) is 0 Å². The molecule has 5 rings (SSSR count). The first-order valence-electron chi connectivity index (χ1n) is 11.8. The van der Waals surface area contributed by atoms with Crippen LogP contribution in [0.1, 0.15) is 27.0 Å². The van der Waals surface area contributed by atoms with E-state index in [1.807, 2.05) is 22.7 Å². The monoisotopic (exact) mass is 457 g/mol. The third-order valence-electron chi connectivity index (χ3n) is 6.57. The first-order chi connectivity index (χ1) is 16.2. The van der Waals surface area contributed by atoms with Crippen molar-refractivity contribution >= 4 is 23.4 Å². The van der Waals surface area contributed by atoms with E-state index in [0.29, 0.717) is 0 Å². The second-order valence-electron chi connectivity index (χ2n) is 8.99. The summed E-state index contributed by atoms with van der Waals surface area (Å²) >= 11 is 1.89. The van der Waals surface area contributed by atoms with Gasteiger partial charge >= 0.3 is 0 Å². The van der Waals surface area contributed by atoms with Gasteiger partial charge in [-0.25, -0.2) is 0 Å². The second kappa shape index (κ2) is 10.0. The Morgan fingerprint density at radius 1 is 0.818 bits per heavy atom. The highest BCUT2D eigenvalue weighted by atomic mass is 32.2. The van der Waals surface area contributed by atoms with Gasteiger partial charge in [0.15, 0.2) is 0 Å². The predicted octanol–water partition coefficient (Wildman–Crippen LogP) is 5.07. The molecule has 2 heterocycles. The maximum atomic E-state index is 13.3. The number of carbonyl (C=O) groups is 1. The number of thioether (sulfide) groups is 1. The van der Waals surface area contributed by atoms with Crippen molar-refractivity contribution in [3.8, 4) is 0 Å². The summed E-state index contributed by atoms with van der Waals surface area (Å²) in [6.45, 7) is 8.35. The number of fused-ring (bicyclic) bond motifs is 1. The molecule has 0 aromatic heterocycles. The van der Waals surface area contributed by atoms with Crippen LogP contribution in [0.4, 0.5) is 5.69 Å². The molecule has 0 aliphatic carbocycles. The summed E-state index contributed by atoms with van der Waals surface area (Å²) in [6.07, 6.45) is 0. The van der Waals surface area contributed by atoms with Gasteiger partial charge in [0.05, 0.1) is 5.69 Å². The molecule has 0 radical (unpaired) electrons. The fourth-order valence-electron chi connectivity index (χ4n) is 4.62. The minimum Gasteiger partial charge on any atom is -0.365 e. The summed E-state index contributed by atoms with van der Waals surface area (Å²) in [7, 11) is 0. The largest absolute Gasteiger partial charge is 0.365 e. The first kappa shape index (κ1) is 22.1. The molecule has 1 fully saturated rings.